The summed E-state index contributed by atoms with van der Waals surface area (Å²) in [4.78, 5) is 7.38. The van der Waals surface area contributed by atoms with Crippen LogP contribution >= 0.6 is 12.2 Å². The first-order valence-corrected chi connectivity index (χ1v) is 7.58. The van der Waals surface area contributed by atoms with Gasteiger partial charge in [0.25, 0.3) is 0 Å². The summed E-state index contributed by atoms with van der Waals surface area (Å²) in [5, 5.41) is 0. The van der Waals surface area contributed by atoms with E-state index in [4.69, 9.17) is 22.7 Å². The third kappa shape index (κ3) is 3.27. The topological polar surface area (TPSA) is 51.4 Å². The van der Waals surface area contributed by atoms with Gasteiger partial charge in [-0.25, -0.2) is 4.98 Å². The number of hydrogen-bond acceptors (Lipinski definition) is 4. The van der Waals surface area contributed by atoms with Crippen LogP contribution in [0.2, 0.25) is 0 Å². The number of piperidine rings is 1. The Labute approximate surface area is 126 Å². The number of hydrogen-bond donors (Lipinski definition) is 1. The van der Waals surface area contributed by atoms with Crippen molar-refractivity contribution in [3.8, 4) is 0 Å². The van der Waals surface area contributed by atoms with Crippen LogP contribution in [0.15, 0.2) is 6.07 Å². The van der Waals surface area contributed by atoms with Crippen LogP contribution in [-0.4, -0.2) is 35.8 Å². The van der Waals surface area contributed by atoms with E-state index in [2.05, 4.69) is 9.88 Å². The highest BCUT2D eigenvalue weighted by Crippen LogP contribution is 2.26. The minimum absolute atomic E-state index is 0.371. The fraction of sp³-hybridized carbons (Fsp3) is 0.600. The molecule has 0 bridgehead atoms. The number of aromatic nitrogens is 1. The lowest BCUT2D eigenvalue weighted by atomic mass is 10.0. The predicted molar refractivity (Wildman–Crippen MR) is 86.5 cm³/mol. The molecular weight excluding hydrogens is 270 g/mol. The molecule has 2 N–H and O–H groups in total. The summed E-state index contributed by atoms with van der Waals surface area (Å²) in [6, 6.07) is 2.03. The molecule has 4 nitrogen and oxygen atoms in total. The summed E-state index contributed by atoms with van der Waals surface area (Å²) in [5.74, 6) is 0.935. The molecule has 0 radical (unpaired) electrons. The van der Waals surface area contributed by atoms with Crippen LogP contribution in [0.1, 0.15) is 36.6 Å². The first-order valence-electron chi connectivity index (χ1n) is 7.17. The van der Waals surface area contributed by atoms with Gasteiger partial charge in [0.2, 0.25) is 0 Å². The quantitative estimate of drug-likeness (QED) is 0.864. The molecule has 5 heteroatoms. The smallest absolute Gasteiger partial charge is 0.139 e. The van der Waals surface area contributed by atoms with Gasteiger partial charge in [-0.1, -0.05) is 12.2 Å². The molecule has 1 aromatic heterocycles. The van der Waals surface area contributed by atoms with Crippen LogP contribution < -0.4 is 10.6 Å². The first-order chi connectivity index (χ1) is 9.52. The summed E-state index contributed by atoms with van der Waals surface area (Å²) >= 11 is 5.20. The van der Waals surface area contributed by atoms with Gasteiger partial charge in [0.15, 0.2) is 0 Å². The Morgan fingerprint density at radius 3 is 2.65 bits per heavy atom. The van der Waals surface area contributed by atoms with Crippen molar-refractivity contribution in [1.29, 1.82) is 0 Å². The van der Waals surface area contributed by atoms with E-state index >= 15 is 0 Å². The predicted octanol–water partition coefficient (Wildman–Crippen LogP) is 2.34. The van der Waals surface area contributed by atoms with Crippen molar-refractivity contribution in [2.45, 2.75) is 39.7 Å². The second kappa shape index (κ2) is 6.50. The van der Waals surface area contributed by atoms with Crippen LogP contribution in [0.4, 0.5) is 5.82 Å². The zero-order valence-corrected chi connectivity index (χ0v) is 13.3. The second-order valence-electron chi connectivity index (χ2n) is 5.29. The summed E-state index contributed by atoms with van der Waals surface area (Å²) in [7, 11) is 0. The standard InChI is InChI=1S/C15H23N3OS/c1-4-19-12-5-7-18(8-6-12)15-13(14(16)20)10(2)9-11(3)17-15/h9,12H,4-8H2,1-3H3,(H2,16,20). The van der Waals surface area contributed by atoms with Gasteiger partial charge in [-0.2, -0.15) is 0 Å². The number of ether oxygens (including phenoxy) is 1. The third-order valence-electron chi connectivity index (χ3n) is 3.72. The highest BCUT2D eigenvalue weighted by atomic mass is 32.1. The molecule has 110 valence electrons. The molecular formula is C15H23N3OS. The van der Waals surface area contributed by atoms with E-state index in [-0.39, 0.29) is 0 Å². The summed E-state index contributed by atoms with van der Waals surface area (Å²) < 4.78 is 5.69. The summed E-state index contributed by atoms with van der Waals surface area (Å²) in [6.07, 6.45) is 2.42. The maximum absolute atomic E-state index is 5.89. The maximum atomic E-state index is 5.89. The second-order valence-corrected chi connectivity index (χ2v) is 5.72. The molecule has 2 rings (SSSR count). The van der Waals surface area contributed by atoms with Crippen LogP contribution in [0.3, 0.4) is 0 Å². The van der Waals surface area contributed by atoms with E-state index < -0.39 is 0 Å². The van der Waals surface area contributed by atoms with E-state index in [0.717, 1.165) is 55.2 Å². The molecule has 0 spiro atoms. The van der Waals surface area contributed by atoms with Crippen LogP contribution in [0.25, 0.3) is 0 Å². The van der Waals surface area contributed by atoms with Gasteiger partial charge in [-0.3, -0.25) is 0 Å². The van der Waals surface area contributed by atoms with Gasteiger partial charge in [0, 0.05) is 25.4 Å². The first kappa shape index (κ1) is 15.2. The van der Waals surface area contributed by atoms with Gasteiger partial charge in [-0.05, 0) is 45.2 Å². The molecule has 0 amide bonds. The minimum atomic E-state index is 0.371. The van der Waals surface area contributed by atoms with Crippen LogP contribution in [-0.2, 0) is 4.74 Å². The van der Waals surface area contributed by atoms with E-state index in [1.54, 1.807) is 0 Å². The number of aryl methyl sites for hydroxylation is 2. The molecule has 0 atom stereocenters. The maximum Gasteiger partial charge on any atom is 0.139 e. The number of nitrogens with two attached hydrogens (primary N) is 1. The zero-order chi connectivity index (χ0) is 14.7. The Bertz CT molecular complexity index is 496. The fourth-order valence-corrected chi connectivity index (χ4v) is 3.07. The Morgan fingerprint density at radius 1 is 1.45 bits per heavy atom. The van der Waals surface area contributed by atoms with Gasteiger partial charge in [-0.15, -0.1) is 0 Å². The Morgan fingerprint density at radius 2 is 2.10 bits per heavy atom. The zero-order valence-electron chi connectivity index (χ0n) is 12.5. The lowest BCUT2D eigenvalue weighted by Gasteiger charge is -2.34. The van der Waals surface area contributed by atoms with Crippen molar-refractivity contribution in [1.82, 2.24) is 4.98 Å². The van der Waals surface area contributed by atoms with E-state index in [9.17, 15) is 0 Å². The average molecular weight is 293 g/mol. The highest BCUT2D eigenvalue weighted by molar-refractivity contribution is 7.80. The van der Waals surface area contributed by atoms with Crippen molar-refractivity contribution >= 4 is 23.0 Å². The van der Waals surface area contributed by atoms with E-state index in [1.807, 2.05) is 26.8 Å². The molecule has 0 aliphatic carbocycles. The Kier molecular flexibility index (Phi) is 4.94. The van der Waals surface area contributed by atoms with Crippen molar-refractivity contribution in [3.63, 3.8) is 0 Å². The summed E-state index contributed by atoms with van der Waals surface area (Å²) in [5.41, 5.74) is 8.91. The number of anilines is 1. The molecule has 1 fully saturated rings. The van der Waals surface area contributed by atoms with Crippen molar-refractivity contribution < 1.29 is 4.74 Å². The van der Waals surface area contributed by atoms with Gasteiger partial charge in [0.1, 0.15) is 10.8 Å². The van der Waals surface area contributed by atoms with Crippen molar-refractivity contribution in [2.75, 3.05) is 24.6 Å². The molecule has 2 heterocycles. The lowest BCUT2D eigenvalue weighted by Crippen LogP contribution is -2.39. The number of nitrogens with zero attached hydrogens (tertiary/aromatic N) is 2. The molecule has 1 saturated heterocycles. The monoisotopic (exact) mass is 293 g/mol. The van der Waals surface area contributed by atoms with Crippen molar-refractivity contribution in [3.05, 3.63) is 22.9 Å². The minimum Gasteiger partial charge on any atom is -0.389 e. The van der Waals surface area contributed by atoms with Gasteiger partial charge in [0.05, 0.1) is 11.7 Å². The lowest BCUT2D eigenvalue weighted by molar-refractivity contribution is 0.0458. The normalized spacial score (nSPS) is 16.4. The van der Waals surface area contributed by atoms with E-state index in [0.29, 0.717) is 11.1 Å². The third-order valence-corrected chi connectivity index (χ3v) is 3.92. The van der Waals surface area contributed by atoms with Crippen molar-refractivity contribution in [2.24, 2.45) is 5.73 Å². The largest absolute Gasteiger partial charge is 0.389 e. The molecule has 20 heavy (non-hydrogen) atoms. The Balaban J connectivity index is 2.23. The fourth-order valence-electron chi connectivity index (χ4n) is 2.82. The molecule has 0 saturated carbocycles. The molecule has 1 aliphatic heterocycles. The Hall–Kier alpha value is -1.20. The van der Waals surface area contributed by atoms with Crippen LogP contribution in [0.5, 0.6) is 0 Å². The molecule has 1 aliphatic rings. The van der Waals surface area contributed by atoms with Crippen LogP contribution in [0, 0.1) is 13.8 Å². The SMILES string of the molecule is CCOC1CCN(c2nc(C)cc(C)c2C(N)=S)CC1. The van der Waals surface area contributed by atoms with Gasteiger partial charge >= 0.3 is 0 Å². The van der Waals surface area contributed by atoms with E-state index in [1.165, 1.54) is 0 Å². The highest BCUT2D eigenvalue weighted by Gasteiger charge is 2.23. The summed E-state index contributed by atoms with van der Waals surface area (Å²) in [6.45, 7) is 8.76. The number of thiocarbonyl (C=S) groups is 1. The number of rotatable bonds is 4. The molecule has 1 aromatic rings. The number of pyridine rings is 1. The van der Waals surface area contributed by atoms with Gasteiger partial charge < -0.3 is 15.4 Å². The average Bonchev–Trinajstić information content (AvgIpc) is 2.38. The molecule has 0 aromatic carbocycles. The molecule has 0 unspecified atom stereocenters.